The van der Waals surface area contributed by atoms with Crippen molar-refractivity contribution in [1.82, 2.24) is 4.90 Å². The summed E-state index contributed by atoms with van der Waals surface area (Å²) in [7, 11) is 0. The van der Waals surface area contributed by atoms with E-state index in [1.807, 2.05) is 24.3 Å². The van der Waals surface area contributed by atoms with Gasteiger partial charge in [0.1, 0.15) is 6.10 Å². The number of nitrogens with zero attached hydrogens (tertiary/aromatic N) is 1. The first-order valence-corrected chi connectivity index (χ1v) is 9.32. The lowest BCUT2D eigenvalue weighted by atomic mass is 9.96. The third kappa shape index (κ3) is 6.60. The summed E-state index contributed by atoms with van der Waals surface area (Å²) < 4.78 is 5.64. The van der Waals surface area contributed by atoms with Crippen LogP contribution in [0.1, 0.15) is 31.2 Å². The van der Waals surface area contributed by atoms with E-state index in [1.165, 1.54) is 0 Å². The number of nitrogens with two attached hydrogens (primary N) is 2. The van der Waals surface area contributed by atoms with Gasteiger partial charge in [-0.05, 0) is 56.5 Å². The smallest absolute Gasteiger partial charge is 0.253 e. The van der Waals surface area contributed by atoms with Gasteiger partial charge in [-0.25, -0.2) is 0 Å². The van der Waals surface area contributed by atoms with Crippen LogP contribution in [0.4, 0.5) is 5.69 Å². The number of ether oxygens (including phenoxy) is 1. The number of carbonyl (C=O) groups is 2. The second-order valence-electron chi connectivity index (χ2n) is 7.20. The van der Waals surface area contributed by atoms with Gasteiger partial charge in [-0.15, -0.1) is 24.8 Å². The van der Waals surface area contributed by atoms with E-state index in [4.69, 9.17) is 16.2 Å². The Bertz CT molecular complexity index is 654. The first-order valence-electron chi connectivity index (χ1n) is 9.32. The summed E-state index contributed by atoms with van der Waals surface area (Å²) in [6.45, 7) is 2.97. The molecule has 0 spiro atoms. The molecule has 2 fully saturated rings. The fraction of sp³-hybridized carbons (Fsp3) is 0.579. The van der Waals surface area contributed by atoms with E-state index in [0.29, 0.717) is 13.0 Å². The van der Waals surface area contributed by atoms with Gasteiger partial charge in [0.15, 0.2) is 0 Å². The number of likely N-dealkylation sites (tertiary alicyclic amines) is 1. The van der Waals surface area contributed by atoms with Crippen molar-refractivity contribution in [2.45, 2.75) is 44.4 Å². The highest BCUT2D eigenvalue weighted by atomic mass is 35.5. The van der Waals surface area contributed by atoms with E-state index in [1.54, 1.807) is 0 Å². The van der Waals surface area contributed by atoms with Gasteiger partial charge < -0.3 is 21.5 Å². The molecule has 2 heterocycles. The van der Waals surface area contributed by atoms with Crippen LogP contribution in [0.5, 0.6) is 0 Å². The molecule has 2 saturated heterocycles. The Kier molecular flexibility index (Phi) is 10.2. The van der Waals surface area contributed by atoms with E-state index in [2.05, 4.69) is 10.2 Å². The zero-order valence-corrected chi connectivity index (χ0v) is 17.5. The highest BCUT2D eigenvalue weighted by Crippen LogP contribution is 2.22. The Morgan fingerprint density at radius 1 is 1.14 bits per heavy atom. The van der Waals surface area contributed by atoms with Gasteiger partial charge in [0.25, 0.3) is 5.91 Å². The Balaban J connectivity index is 0.00000196. The molecule has 1 aromatic rings. The molecule has 3 rings (SSSR count). The highest BCUT2D eigenvalue weighted by molar-refractivity contribution is 5.94. The van der Waals surface area contributed by atoms with Crippen LogP contribution in [0.15, 0.2) is 24.3 Å². The first-order chi connectivity index (χ1) is 12.5. The maximum Gasteiger partial charge on any atom is 0.253 e. The third-order valence-corrected chi connectivity index (χ3v) is 5.25. The summed E-state index contributed by atoms with van der Waals surface area (Å²) >= 11 is 0. The second kappa shape index (κ2) is 11.6. The summed E-state index contributed by atoms with van der Waals surface area (Å²) in [4.78, 5) is 25.9. The van der Waals surface area contributed by atoms with Crippen LogP contribution in [0, 0.1) is 5.92 Å². The van der Waals surface area contributed by atoms with E-state index in [9.17, 15) is 9.59 Å². The lowest BCUT2D eigenvalue weighted by Crippen LogP contribution is -2.38. The molecular formula is C19H30Cl2N4O3. The van der Waals surface area contributed by atoms with Crippen molar-refractivity contribution in [1.29, 1.82) is 0 Å². The summed E-state index contributed by atoms with van der Waals surface area (Å²) in [5.41, 5.74) is 12.9. The summed E-state index contributed by atoms with van der Waals surface area (Å²) in [6.07, 6.45) is 2.73. The fourth-order valence-corrected chi connectivity index (χ4v) is 3.68. The molecule has 2 aliphatic rings. The molecule has 0 aliphatic carbocycles. The molecular weight excluding hydrogens is 403 g/mol. The van der Waals surface area contributed by atoms with Crippen molar-refractivity contribution in [2.24, 2.45) is 17.4 Å². The number of anilines is 1. The van der Waals surface area contributed by atoms with Gasteiger partial charge >= 0.3 is 0 Å². The van der Waals surface area contributed by atoms with Gasteiger partial charge in [0, 0.05) is 24.7 Å². The van der Waals surface area contributed by atoms with E-state index in [-0.39, 0.29) is 48.7 Å². The molecule has 0 radical (unpaired) electrons. The van der Waals surface area contributed by atoms with Gasteiger partial charge in [-0.3, -0.25) is 14.5 Å². The maximum absolute atomic E-state index is 12.3. The molecule has 28 heavy (non-hydrogen) atoms. The van der Waals surface area contributed by atoms with E-state index >= 15 is 0 Å². The van der Waals surface area contributed by atoms with Crippen molar-refractivity contribution >= 4 is 42.3 Å². The lowest BCUT2D eigenvalue weighted by molar-refractivity contribution is -0.126. The van der Waals surface area contributed by atoms with Crippen LogP contribution < -0.4 is 16.8 Å². The Labute approximate surface area is 178 Å². The monoisotopic (exact) mass is 432 g/mol. The van der Waals surface area contributed by atoms with Crippen LogP contribution in [0.3, 0.4) is 0 Å². The molecule has 1 aromatic carbocycles. The molecule has 5 N–H and O–H groups in total. The second-order valence-corrected chi connectivity index (χ2v) is 7.20. The fourth-order valence-electron chi connectivity index (χ4n) is 3.68. The number of primary amides is 1. The predicted octanol–water partition coefficient (Wildman–Crippen LogP) is 1.67. The predicted molar refractivity (Wildman–Crippen MR) is 114 cm³/mol. The van der Waals surface area contributed by atoms with Crippen molar-refractivity contribution in [3.8, 4) is 0 Å². The zero-order valence-electron chi connectivity index (χ0n) is 15.8. The van der Waals surface area contributed by atoms with E-state index in [0.717, 1.165) is 50.1 Å². The van der Waals surface area contributed by atoms with Crippen LogP contribution in [-0.4, -0.2) is 48.6 Å². The minimum absolute atomic E-state index is 0. The highest BCUT2D eigenvalue weighted by Gasteiger charge is 2.30. The topological polar surface area (TPSA) is 111 Å². The molecule has 9 heteroatoms. The summed E-state index contributed by atoms with van der Waals surface area (Å²) in [5.74, 6) is -0.304. The average molecular weight is 433 g/mol. The van der Waals surface area contributed by atoms with Crippen molar-refractivity contribution < 1.29 is 14.3 Å². The molecule has 2 atom stereocenters. The Hall–Kier alpha value is -1.38. The standard InChI is InChI=1S/C19H28N4O3.2ClH/c20-11-16-4-5-17(26-16)19(25)22-15-3-1-2-13(10-15)12-23-8-6-14(7-9-23)18(21)24;;/h1-3,10,14,16-17H,4-9,11-12,20H2,(H2,21,24)(H,22,25);2*1H/t16-,17+;;/m1../s1. The summed E-state index contributed by atoms with van der Waals surface area (Å²) in [5, 5.41) is 2.94. The number of piperidine rings is 1. The van der Waals surface area contributed by atoms with Crippen molar-refractivity contribution in [3.63, 3.8) is 0 Å². The molecule has 158 valence electrons. The molecule has 0 bridgehead atoms. The average Bonchev–Trinajstić information content (AvgIpc) is 3.12. The first kappa shape index (κ1) is 24.7. The zero-order chi connectivity index (χ0) is 18.5. The number of amides is 2. The molecule has 0 unspecified atom stereocenters. The van der Waals surface area contributed by atoms with E-state index < -0.39 is 6.10 Å². The number of carbonyl (C=O) groups excluding carboxylic acids is 2. The number of rotatable bonds is 6. The third-order valence-electron chi connectivity index (χ3n) is 5.25. The normalized spacial score (nSPS) is 22.8. The van der Waals surface area contributed by atoms with Crippen molar-refractivity contribution in [3.05, 3.63) is 29.8 Å². The number of hydrogen-bond donors (Lipinski definition) is 3. The number of nitrogens with one attached hydrogen (secondary N) is 1. The maximum atomic E-state index is 12.3. The molecule has 7 nitrogen and oxygen atoms in total. The quantitative estimate of drug-likeness (QED) is 0.632. The number of benzene rings is 1. The van der Waals surface area contributed by atoms with Crippen LogP contribution in [0.2, 0.25) is 0 Å². The van der Waals surface area contributed by atoms with Gasteiger partial charge in [0.05, 0.1) is 6.10 Å². The Morgan fingerprint density at radius 3 is 2.46 bits per heavy atom. The van der Waals surface area contributed by atoms with Gasteiger partial charge in [-0.2, -0.15) is 0 Å². The van der Waals surface area contributed by atoms with Gasteiger partial charge in [0.2, 0.25) is 5.91 Å². The van der Waals surface area contributed by atoms with Gasteiger partial charge in [-0.1, -0.05) is 12.1 Å². The number of hydrogen-bond acceptors (Lipinski definition) is 5. The SMILES string of the molecule is Cl.Cl.NC[C@H]1CC[C@@H](C(=O)Nc2cccc(CN3CCC(C(N)=O)CC3)c2)O1. The molecule has 0 aromatic heterocycles. The Morgan fingerprint density at radius 2 is 1.86 bits per heavy atom. The van der Waals surface area contributed by atoms with Crippen molar-refractivity contribution in [2.75, 3.05) is 25.0 Å². The largest absolute Gasteiger partial charge is 0.369 e. The van der Waals surface area contributed by atoms with Crippen LogP contribution >= 0.6 is 24.8 Å². The lowest BCUT2D eigenvalue weighted by Gasteiger charge is -2.30. The minimum Gasteiger partial charge on any atom is -0.369 e. The minimum atomic E-state index is -0.417. The molecule has 2 amide bonds. The van der Waals surface area contributed by atoms with Crippen LogP contribution in [0.25, 0.3) is 0 Å². The number of halogens is 2. The van der Waals surface area contributed by atoms with Crippen LogP contribution in [-0.2, 0) is 20.9 Å². The molecule has 2 aliphatic heterocycles. The summed E-state index contributed by atoms with van der Waals surface area (Å²) in [6, 6.07) is 7.87. The molecule has 0 saturated carbocycles.